The lowest BCUT2D eigenvalue weighted by Crippen LogP contribution is -2.11. The van der Waals surface area contributed by atoms with Crippen LogP contribution in [0.3, 0.4) is 0 Å². The van der Waals surface area contributed by atoms with Crippen LogP contribution in [-0.2, 0) is 16.0 Å². The van der Waals surface area contributed by atoms with Gasteiger partial charge in [-0.2, -0.15) is 4.98 Å². The van der Waals surface area contributed by atoms with Gasteiger partial charge in [-0.3, -0.25) is 14.6 Å². The molecule has 2 heterocycles. The summed E-state index contributed by atoms with van der Waals surface area (Å²) in [5.41, 5.74) is 9.63. The monoisotopic (exact) mass is 434 g/mol. The van der Waals surface area contributed by atoms with Crippen molar-refractivity contribution < 1.29 is 19.8 Å². The standard InChI is InChI=1S/C22H18N4O4S/c23-18(27)10-15(16-11-24-17-7-2-1-6-14(16)17)20-21(30)26-22(31-20)25-13-5-3-4-12(8-13)9-19(28)29/h1-8,11,30H,9-10H2,(H2,23,27)(H,25,26)(H,28,29). The minimum atomic E-state index is -0.924. The van der Waals surface area contributed by atoms with Crippen LogP contribution < -0.4 is 11.1 Å². The Morgan fingerprint density at radius 1 is 1.13 bits per heavy atom. The second-order valence-electron chi connectivity index (χ2n) is 6.88. The van der Waals surface area contributed by atoms with Gasteiger partial charge in [0, 0.05) is 23.0 Å². The number of nitrogens with two attached hydrogens (primary N) is 1. The maximum atomic E-state index is 11.8. The number of carbonyl (C=O) groups is 2. The van der Waals surface area contributed by atoms with Crippen molar-refractivity contribution >= 4 is 57.1 Å². The number of carboxylic acid groups (broad SMARTS) is 1. The summed E-state index contributed by atoms with van der Waals surface area (Å²) in [6.07, 6.45) is 1.47. The van der Waals surface area contributed by atoms with Gasteiger partial charge in [0.05, 0.1) is 23.4 Å². The first-order chi connectivity index (χ1) is 14.9. The van der Waals surface area contributed by atoms with Gasteiger partial charge in [0.25, 0.3) is 0 Å². The molecular formula is C22H18N4O4S. The third-order valence-electron chi connectivity index (χ3n) is 4.62. The molecule has 2 aromatic carbocycles. The SMILES string of the molecule is NC(=O)CC(=C1C=Nc2ccccc21)c1sc(Nc2cccc(CC(=O)O)c2)nc1O. The number of nitrogens with zero attached hydrogens (tertiary/aromatic N) is 2. The second-order valence-corrected chi connectivity index (χ2v) is 7.88. The molecule has 0 spiro atoms. The highest BCUT2D eigenvalue weighted by atomic mass is 32.1. The molecule has 0 saturated carbocycles. The summed E-state index contributed by atoms with van der Waals surface area (Å²) in [6.45, 7) is 0. The van der Waals surface area contributed by atoms with Gasteiger partial charge in [0.1, 0.15) is 0 Å². The molecule has 1 amide bonds. The lowest BCUT2D eigenvalue weighted by atomic mass is 9.98. The number of anilines is 2. The van der Waals surface area contributed by atoms with Gasteiger partial charge >= 0.3 is 5.97 Å². The molecule has 31 heavy (non-hydrogen) atoms. The first-order valence-electron chi connectivity index (χ1n) is 9.33. The van der Waals surface area contributed by atoms with Crippen molar-refractivity contribution in [2.75, 3.05) is 5.32 Å². The van der Waals surface area contributed by atoms with E-state index in [1.54, 1.807) is 30.5 Å². The first kappa shape index (κ1) is 20.3. The molecule has 4 rings (SSSR count). The number of hydrogen-bond acceptors (Lipinski definition) is 7. The maximum Gasteiger partial charge on any atom is 0.307 e. The van der Waals surface area contributed by atoms with Crippen LogP contribution in [0.15, 0.2) is 53.5 Å². The molecule has 1 aromatic heterocycles. The second kappa shape index (κ2) is 8.41. The molecule has 3 aromatic rings. The molecule has 0 fully saturated rings. The molecule has 0 aliphatic carbocycles. The lowest BCUT2D eigenvalue weighted by Gasteiger charge is -2.08. The zero-order valence-corrected chi connectivity index (χ0v) is 17.0. The van der Waals surface area contributed by atoms with Gasteiger partial charge in [0.15, 0.2) is 5.13 Å². The molecule has 0 atom stereocenters. The number of allylic oxidation sites excluding steroid dienone is 1. The highest BCUT2D eigenvalue weighted by Crippen LogP contribution is 2.43. The number of benzene rings is 2. The van der Waals surface area contributed by atoms with Crippen LogP contribution in [0.2, 0.25) is 0 Å². The normalized spacial score (nSPS) is 13.7. The molecule has 8 nitrogen and oxygen atoms in total. The Morgan fingerprint density at radius 2 is 1.94 bits per heavy atom. The largest absolute Gasteiger partial charge is 0.492 e. The van der Waals surface area contributed by atoms with E-state index in [4.69, 9.17) is 10.8 Å². The van der Waals surface area contributed by atoms with Crippen molar-refractivity contribution in [2.45, 2.75) is 12.8 Å². The topological polar surface area (TPSA) is 138 Å². The highest BCUT2D eigenvalue weighted by Gasteiger charge is 2.23. The number of fused-ring (bicyclic) bond motifs is 1. The van der Waals surface area contributed by atoms with Gasteiger partial charge < -0.3 is 21.3 Å². The van der Waals surface area contributed by atoms with Gasteiger partial charge in [-0.05, 0) is 29.3 Å². The third kappa shape index (κ3) is 4.46. The Morgan fingerprint density at radius 3 is 2.71 bits per heavy atom. The number of carbonyl (C=O) groups excluding carboxylic acids is 1. The number of aromatic hydroxyl groups is 1. The average molecular weight is 434 g/mol. The molecule has 156 valence electrons. The Balaban J connectivity index is 1.70. The van der Waals surface area contributed by atoms with E-state index in [0.29, 0.717) is 32.4 Å². The Hall–Kier alpha value is -3.98. The minimum absolute atomic E-state index is 0.0843. The van der Waals surface area contributed by atoms with E-state index in [9.17, 15) is 14.7 Å². The van der Waals surface area contributed by atoms with Crippen LogP contribution in [0, 0.1) is 0 Å². The van der Waals surface area contributed by atoms with Crippen LogP contribution in [0.25, 0.3) is 11.1 Å². The molecule has 0 radical (unpaired) electrons. The molecule has 9 heteroatoms. The summed E-state index contributed by atoms with van der Waals surface area (Å²) in [6, 6.07) is 14.4. The summed E-state index contributed by atoms with van der Waals surface area (Å²) >= 11 is 1.17. The van der Waals surface area contributed by atoms with Gasteiger partial charge in [-0.1, -0.05) is 41.7 Å². The van der Waals surface area contributed by atoms with E-state index < -0.39 is 11.9 Å². The van der Waals surface area contributed by atoms with Crippen molar-refractivity contribution in [1.82, 2.24) is 4.98 Å². The van der Waals surface area contributed by atoms with Crippen molar-refractivity contribution in [1.29, 1.82) is 0 Å². The summed E-state index contributed by atoms with van der Waals surface area (Å²) in [4.78, 5) is 31.7. The number of primary amides is 1. The molecule has 0 bridgehead atoms. The summed E-state index contributed by atoms with van der Waals surface area (Å²) in [7, 11) is 0. The van der Waals surface area contributed by atoms with Crippen molar-refractivity contribution in [2.24, 2.45) is 10.7 Å². The number of hydrogen-bond donors (Lipinski definition) is 4. The zero-order valence-electron chi connectivity index (χ0n) is 16.2. The quantitative estimate of drug-likeness (QED) is 0.447. The number of amides is 1. The van der Waals surface area contributed by atoms with Gasteiger partial charge in [-0.25, -0.2) is 0 Å². The molecular weight excluding hydrogens is 416 g/mol. The number of nitrogens with one attached hydrogen (secondary N) is 1. The first-order valence-corrected chi connectivity index (χ1v) is 10.1. The lowest BCUT2D eigenvalue weighted by molar-refractivity contribution is -0.136. The maximum absolute atomic E-state index is 11.8. The Bertz CT molecular complexity index is 1250. The summed E-state index contributed by atoms with van der Waals surface area (Å²) in [5, 5.41) is 23.0. The van der Waals surface area contributed by atoms with E-state index in [2.05, 4.69) is 15.3 Å². The minimum Gasteiger partial charge on any atom is -0.492 e. The van der Waals surface area contributed by atoms with Crippen LogP contribution in [-0.4, -0.2) is 33.3 Å². The summed E-state index contributed by atoms with van der Waals surface area (Å²) in [5.74, 6) is -1.69. The fourth-order valence-corrected chi connectivity index (χ4v) is 4.29. The smallest absolute Gasteiger partial charge is 0.307 e. The fraction of sp³-hybridized carbons (Fsp3) is 0.0909. The zero-order chi connectivity index (χ0) is 22.0. The number of para-hydroxylation sites is 1. The molecule has 0 saturated heterocycles. The van der Waals surface area contributed by atoms with Gasteiger partial charge in [-0.15, -0.1) is 0 Å². The van der Waals surface area contributed by atoms with E-state index in [1.165, 1.54) is 11.3 Å². The third-order valence-corrected chi connectivity index (χ3v) is 5.64. The molecule has 0 unspecified atom stereocenters. The number of thiazole rings is 1. The predicted octanol–water partition coefficient (Wildman–Crippen LogP) is 3.72. The highest BCUT2D eigenvalue weighted by molar-refractivity contribution is 7.17. The fourth-order valence-electron chi connectivity index (χ4n) is 3.35. The molecule has 5 N–H and O–H groups in total. The van der Waals surface area contributed by atoms with Crippen molar-refractivity contribution in [3.8, 4) is 5.88 Å². The predicted molar refractivity (Wildman–Crippen MR) is 120 cm³/mol. The van der Waals surface area contributed by atoms with E-state index >= 15 is 0 Å². The summed E-state index contributed by atoms with van der Waals surface area (Å²) < 4.78 is 0. The van der Waals surface area contributed by atoms with Gasteiger partial charge in [0.2, 0.25) is 11.8 Å². The van der Waals surface area contributed by atoms with Crippen LogP contribution in [0.4, 0.5) is 16.5 Å². The Kier molecular flexibility index (Phi) is 5.50. The van der Waals surface area contributed by atoms with E-state index in [0.717, 1.165) is 11.3 Å². The van der Waals surface area contributed by atoms with Crippen molar-refractivity contribution in [3.05, 3.63) is 64.5 Å². The molecule has 1 aliphatic heterocycles. The van der Waals surface area contributed by atoms with Crippen LogP contribution >= 0.6 is 11.3 Å². The van der Waals surface area contributed by atoms with Crippen LogP contribution in [0.5, 0.6) is 5.88 Å². The number of aromatic nitrogens is 1. The molecule has 1 aliphatic rings. The number of rotatable bonds is 7. The Labute approximate surface area is 181 Å². The number of carboxylic acids is 1. The number of aliphatic carboxylic acids is 1. The number of aliphatic imine (C=N–C) groups is 1. The van der Waals surface area contributed by atoms with E-state index in [1.807, 2.05) is 24.3 Å². The van der Waals surface area contributed by atoms with Crippen LogP contribution in [0.1, 0.15) is 22.4 Å². The van der Waals surface area contributed by atoms with Crippen molar-refractivity contribution in [3.63, 3.8) is 0 Å². The average Bonchev–Trinajstić information content (AvgIpc) is 3.29. The van der Waals surface area contributed by atoms with E-state index in [-0.39, 0.29) is 18.7 Å².